The van der Waals surface area contributed by atoms with E-state index in [2.05, 4.69) is 5.10 Å². The van der Waals surface area contributed by atoms with E-state index in [9.17, 15) is 9.18 Å². The Labute approximate surface area is 83.7 Å². The molecule has 2 rings (SSSR count). The van der Waals surface area contributed by atoms with Crippen LogP contribution in [0.3, 0.4) is 0 Å². The van der Waals surface area contributed by atoms with Crippen molar-refractivity contribution in [2.45, 2.75) is 0 Å². The zero-order chi connectivity index (χ0) is 10.3. The third-order valence-corrected chi connectivity index (χ3v) is 2.26. The molecule has 1 heterocycles. The molecule has 0 aliphatic heterocycles. The summed E-state index contributed by atoms with van der Waals surface area (Å²) in [4.78, 5) is 11.5. The van der Waals surface area contributed by atoms with Gasteiger partial charge in [-0.25, -0.2) is 9.07 Å². The Balaban J connectivity index is 3.11. The number of hydrogen-bond acceptors (Lipinski definition) is 2. The number of aryl methyl sites for hydroxylation is 1. The molecule has 72 valence electrons. The summed E-state index contributed by atoms with van der Waals surface area (Å²) in [5.74, 6) is -0.576. The molecular weight excluding hydrogens is 207 g/mol. The van der Waals surface area contributed by atoms with E-state index in [0.29, 0.717) is 5.39 Å². The van der Waals surface area contributed by atoms with E-state index in [1.165, 1.54) is 19.2 Å². The van der Waals surface area contributed by atoms with Gasteiger partial charge in [-0.2, -0.15) is 5.10 Å². The highest BCUT2D eigenvalue weighted by molar-refractivity contribution is 6.34. The van der Waals surface area contributed by atoms with Crippen molar-refractivity contribution in [2.24, 2.45) is 7.05 Å². The van der Waals surface area contributed by atoms with Gasteiger partial charge in [0.2, 0.25) is 0 Å². The van der Waals surface area contributed by atoms with Crippen molar-refractivity contribution in [3.8, 4) is 0 Å². The lowest BCUT2D eigenvalue weighted by Crippen LogP contribution is -2.20. The van der Waals surface area contributed by atoms with Crippen LogP contribution < -0.4 is 5.56 Å². The number of benzene rings is 1. The second kappa shape index (κ2) is 3.06. The molecule has 5 heteroatoms. The first-order chi connectivity index (χ1) is 6.61. The molecule has 3 nitrogen and oxygen atoms in total. The largest absolute Gasteiger partial charge is 0.277 e. The molecule has 0 spiro atoms. The summed E-state index contributed by atoms with van der Waals surface area (Å²) in [5.41, 5.74) is -0.484. The highest BCUT2D eigenvalue weighted by atomic mass is 35.5. The molecule has 2 aromatic rings. The van der Waals surface area contributed by atoms with E-state index >= 15 is 0 Å². The lowest BCUT2D eigenvalue weighted by Gasteiger charge is -2.02. The van der Waals surface area contributed by atoms with Crippen LogP contribution in [0.4, 0.5) is 4.39 Å². The SMILES string of the molecule is Cn1nc(Cl)c2cccc(F)c2c1=O. The summed E-state index contributed by atoms with van der Waals surface area (Å²) in [6, 6.07) is 4.28. The molecule has 0 fully saturated rings. The molecule has 0 aliphatic rings. The van der Waals surface area contributed by atoms with E-state index in [1.807, 2.05) is 0 Å². The molecule has 0 saturated carbocycles. The monoisotopic (exact) mass is 212 g/mol. The second-order valence-corrected chi connectivity index (χ2v) is 3.24. The highest BCUT2D eigenvalue weighted by Crippen LogP contribution is 2.19. The Morgan fingerprint density at radius 3 is 2.93 bits per heavy atom. The van der Waals surface area contributed by atoms with Crippen molar-refractivity contribution in [3.05, 3.63) is 39.5 Å². The number of fused-ring (bicyclic) bond motifs is 1. The molecule has 1 aromatic carbocycles. The Bertz CT molecular complexity index is 564. The predicted molar refractivity (Wildman–Crippen MR) is 52.0 cm³/mol. The van der Waals surface area contributed by atoms with Crippen LogP contribution in [-0.2, 0) is 7.05 Å². The third kappa shape index (κ3) is 1.19. The molecule has 0 bridgehead atoms. The van der Waals surface area contributed by atoms with Gasteiger partial charge in [-0.1, -0.05) is 23.7 Å². The molecular formula is C9H6ClFN2O. The fourth-order valence-corrected chi connectivity index (χ4v) is 1.58. The molecule has 14 heavy (non-hydrogen) atoms. The van der Waals surface area contributed by atoms with E-state index in [0.717, 1.165) is 4.68 Å². The van der Waals surface area contributed by atoms with Crippen molar-refractivity contribution >= 4 is 22.4 Å². The number of rotatable bonds is 0. The Kier molecular flexibility index (Phi) is 2.00. The summed E-state index contributed by atoms with van der Waals surface area (Å²) in [7, 11) is 1.43. The molecule has 0 unspecified atom stereocenters. The quantitative estimate of drug-likeness (QED) is 0.667. The van der Waals surface area contributed by atoms with Crippen LogP contribution in [0.25, 0.3) is 10.8 Å². The van der Waals surface area contributed by atoms with Crippen molar-refractivity contribution < 1.29 is 4.39 Å². The van der Waals surface area contributed by atoms with Gasteiger partial charge in [0.1, 0.15) is 5.82 Å². The van der Waals surface area contributed by atoms with Crippen molar-refractivity contribution in [1.29, 1.82) is 0 Å². The Morgan fingerprint density at radius 1 is 1.50 bits per heavy atom. The summed E-state index contributed by atoms with van der Waals surface area (Å²) in [6.07, 6.45) is 0. The molecule has 1 aromatic heterocycles. The minimum absolute atomic E-state index is 0.0185. The molecule has 0 aliphatic carbocycles. The normalized spacial score (nSPS) is 10.8. The maximum atomic E-state index is 13.3. The Morgan fingerprint density at radius 2 is 2.21 bits per heavy atom. The van der Waals surface area contributed by atoms with Gasteiger partial charge in [-0.05, 0) is 6.07 Å². The molecule has 0 atom stereocenters. The first-order valence-corrected chi connectivity index (χ1v) is 4.30. The summed E-state index contributed by atoms with van der Waals surface area (Å²) in [6.45, 7) is 0. The first kappa shape index (κ1) is 9.15. The standard InChI is InChI=1S/C9H6ClFN2O/c1-13-9(14)7-5(8(10)12-13)3-2-4-6(7)11/h2-4H,1H3. The van der Waals surface area contributed by atoms with Crippen LogP contribution in [-0.4, -0.2) is 9.78 Å². The first-order valence-electron chi connectivity index (χ1n) is 3.92. The van der Waals surface area contributed by atoms with Crippen LogP contribution in [0.15, 0.2) is 23.0 Å². The van der Waals surface area contributed by atoms with Gasteiger partial charge in [-0.3, -0.25) is 4.79 Å². The molecule has 0 radical (unpaired) electrons. The number of aromatic nitrogens is 2. The predicted octanol–water partition coefficient (Wildman–Crippen LogP) is 1.73. The average molecular weight is 213 g/mol. The summed E-state index contributed by atoms with van der Waals surface area (Å²) in [5, 5.41) is 4.20. The van der Waals surface area contributed by atoms with Crippen LogP contribution in [0.2, 0.25) is 5.15 Å². The maximum Gasteiger partial charge on any atom is 0.277 e. The van der Waals surface area contributed by atoms with Gasteiger partial charge < -0.3 is 0 Å². The van der Waals surface area contributed by atoms with Crippen molar-refractivity contribution in [3.63, 3.8) is 0 Å². The zero-order valence-electron chi connectivity index (χ0n) is 7.29. The minimum Gasteiger partial charge on any atom is -0.267 e. The van der Waals surface area contributed by atoms with E-state index in [4.69, 9.17) is 11.6 Å². The third-order valence-electron chi connectivity index (χ3n) is 1.98. The fourth-order valence-electron chi connectivity index (χ4n) is 1.31. The smallest absolute Gasteiger partial charge is 0.267 e. The number of halogens is 2. The van der Waals surface area contributed by atoms with Crippen LogP contribution >= 0.6 is 11.6 Å². The number of hydrogen-bond donors (Lipinski definition) is 0. The van der Waals surface area contributed by atoms with E-state index in [1.54, 1.807) is 6.07 Å². The lowest BCUT2D eigenvalue weighted by molar-refractivity contribution is 0.632. The average Bonchev–Trinajstić information content (AvgIpc) is 2.14. The van der Waals surface area contributed by atoms with Crippen LogP contribution in [0, 0.1) is 5.82 Å². The van der Waals surface area contributed by atoms with E-state index in [-0.39, 0.29) is 10.5 Å². The molecule has 0 saturated heterocycles. The van der Waals surface area contributed by atoms with Gasteiger partial charge in [-0.15, -0.1) is 0 Å². The van der Waals surface area contributed by atoms with Gasteiger partial charge in [0, 0.05) is 12.4 Å². The van der Waals surface area contributed by atoms with Gasteiger partial charge in [0.05, 0.1) is 5.39 Å². The zero-order valence-corrected chi connectivity index (χ0v) is 8.05. The van der Waals surface area contributed by atoms with E-state index < -0.39 is 11.4 Å². The van der Waals surface area contributed by atoms with Gasteiger partial charge in [0.25, 0.3) is 5.56 Å². The highest BCUT2D eigenvalue weighted by Gasteiger charge is 2.10. The van der Waals surface area contributed by atoms with Crippen LogP contribution in [0.1, 0.15) is 0 Å². The van der Waals surface area contributed by atoms with Crippen LogP contribution in [0.5, 0.6) is 0 Å². The second-order valence-electron chi connectivity index (χ2n) is 2.88. The maximum absolute atomic E-state index is 13.3. The van der Waals surface area contributed by atoms with Gasteiger partial charge in [0.15, 0.2) is 5.15 Å². The topological polar surface area (TPSA) is 34.9 Å². The van der Waals surface area contributed by atoms with Crippen molar-refractivity contribution in [1.82, 2.24) is 9.78 Å². The van der Waals surface area contributed by atoms with Gasteiger partial charge >= 0.3 is 0 Å². The van der Waals surface area contributed by atoms with Crippen molar-refractivity contribution in [2.75, 3.05) is 0 Å². The summed E-state index contributed by atoms with van der Waals surface area (Å²) < 4.78 is 14.3. The minimum atomic E-state index is -0.576. The Hall–Kier alpha value is -1.42. The molecule has 0 amide bonds. The number of nitrogens with zero attached hydrogens (tertiary/aromatic N) is 2. The summed E-state index contributed by atoms with van der Waals surface area (Å²) >= 11 is 5.77. The molecule has 0 N–H and O–H groups in total. The fraction of sp³-hybridized carbons (Fsp3) is 0.111. The lowest BCUT2D eigenvalue weighted by atomic mass is 10.2.